The lowest BCUT2D eigenvalue weighted by atomic mass is 9.99. The van der Waals surface area contributed by atoms with Gasteiger partial charge in [0.15, 0.2) is 0 Å². The first-order valence-corrected chi connectivity index (χ1v) is 8.61. The van der Waals surface area contributed by atoms with Gasteiger partial charge in [0.25, 0.3) is 5.91 Å². The Morgan fingerprint density at radius 1 is 1.12 bits per heavy atom. The average molecular weight is 334 g/mol. The van der Waals surface area contributed by atoms with E-state index < -0.39 is 12.0 Å². The fraction of sp³-hybridized carbons (Fsp3) is 0.579. The van der Waals surface area contributed by atoms with Crippen molar-refractivity contribution >= 4 is 17.6 Å². The molecule has 1 aromatic carbocycles. The molecule has 0 aliphatic heterocycles. The Balaban J connectivity index is 2.89. The summed E-state index contributed by atoms with van der Waals surface area (Å²) in [7, 11) is 1.34. The Bertz CT molecular complexity index is 540. The second-order valence-electron chi connectivity index (χ2n) is 6.29. The number of methoxy groups -OCH3 is 1. The van der Waals surface area contributed by atoms with E-state index in [4.69, 9.17) is 4.74 Å². The molecule has 0 aliphatic carbocycles. The maximum Gasteiger partial charge on any atom is 0.328 e. The molecule has 0 aliphatic rings. The van der Waals surface area contributed by atoms with Crippen molar-refractivity contribution < 1.29 is 14.3 Å². The van der Waals surface area contributed by atoms with Gasteiger partial charge >= 0.3 is 5.97 Å². The zero-order valence-electron chi connectivity index (χ0n) is 15.6. The number of carbonyl (C=O) groups excluding carboxylic acids is 2. The second kappa shape index (κ2) is 9.30. The number of rotatable bonds is 8. The van der Waals surface area contributed by atoms with Crippen LogP contribution >= 0.6 is 0 Å². The molecule has 1 amide bonds. The summed E-state index contributed by atoms with van der Waals surface area (Å²) in [6.07, 6.45) is 0.777. The molecule has 2 unspecified atom stereocenters. The quantitative estimate of drug-likeness (QED) is 0.742. The average Bonchev–Trinajstić information content (AvgIpc) is 2.59. The summed E-state index contributed by atoms with van der Waals surface area (Å²) in [6.45, 7) is 11.2. The molecule has 24 heavy (non-hydrogen) atoms. The maximum absolute atomic E-state index is 12.4. The number of benzene rings is 1. The highest BCUT2D eigenvalue weighted by atomic mass is 16.5. The summed E-state index contributed by atoms with van der Waals surface area (Å²) in [5.41, 5.74) is 1.62. The van der Waals surface area contributed by atoms with Crippen molar-refractivity contribution in [3.05, 3.63) is 29.8 Å². The first kappa shape index (κ1) is 20.0. The monoisotopic (exact) mass is 334 g/mol. The van der Waals surface area contributed by atoms with Crippen molar-refractivity contribution in [2.24, 2.45) is 5.92 Å². The topological polar surface area (TPSA) is 58.6 Å². The molecule has 134 valence electrons. The van der Waals surface area contributed by atoms with Gasteiger partial charge in [0.05, 0.1) is 7.11 Å². The number of nitrogens with one attached hydrogen (secondary N) is 1. The van der Waals surface area contributed by atoms with E-state index in [1.54, 1.807) is 12.1 Å². The minimum Gasteiger partial charge on any atom is -0.467 e. The van der Waals surface area contributed by atoms with E-state index in [1.807, 2.05) is 26.0 Å². The summed E-state index contributed by atoms with van der Waals surface area (Å²) in [5.74, 6) is -0.659. The summed E-state index contributed by atoms with van der Waals surface area (Å²) >= 11 is 0. The first-order valence-electron chi connectivity index (χ1n) is 8.61. The predicted octanol–water partition coefficient (Wildman–Crippen LogP) is 3.24. The van der Waals surface area contributed by atoms with E-state index in [9.17, 15) is 9.59 Å². The molecule has 2 atom stereocenters. The third-order valence-corrected chi connectivity index (χ3v) is 4.38. The third kappa shape index (κ3) is 4.98. The smallest absolute Gasteiger partial charge is 0.328 e. The van der Waals surface area contributed by atoms with Gasteiger partial charge in [0, 0.05) is 23.8 Å². The minimum atomic E-state index is -0.630. The van der Waals surface area contributed by atoms with E-state index >= 15 is 0 Å². The van der Waals surface area contributed by atoms with E-state index in [2.05, 4.69) is 31.0 Å². The van der Waals surface area contributed by atoms with Gasteiger partial charge in [0.2, 0.25) is 0 Å². The standard InChI is InChI=1S/C19H30N2O3/c1-7-14(5)17(19(23)24-6)20-18(22)15-9-11-16(12-10-15)21(8-2)13(3)4/h9-14,17H,7-8H2,1-6H3,(H,20,22). The summed E-state index contributed by atoms with van der Waals surface area (Å²) in [6, 6.07) is 7.23. The Hall–Kier alpha value is -2.04. The van der Waals surface area contributed by atoms with Crippen LogP contribution in [0.2, 0.25) is 0 Å². The van der Waals surface area contributed by atoms with Gasteiger partial charge in [-0.05, 0) is 51.0 Å². The molecule has 0 aromatic heterocycles. The number of esters is 1. The largest absolute Gasteiger partial charge is 0.467 e. The number of amides is 1. The predicted molar refractivity (Wildman–Crippen MR) is 97.3 cm³/mol. The van der Waals surface area contributed by atoms with Crippen LogP contribution in [0.3, 0.4) is 0 Å². The van der Waals surface area contributed by atoms with Crippen molar-refractivity contribution in [1.29, 1.82) is 0 Å². The molecule has 0 spiro atoms. The van der Waals surface area contributed by atoms with Crippen LogP contribution in [0.25, 0.3) is 0 Å². The van der Waals surface area contributed by atoms with Crippen molar-refractivity contribution in [3.8, 4) is 0 Å². The van der Waals surface area contributed by atoms with Gasteiger partial charge in [-0.3, -0.25) is 4.79 Å². The molecular formula is C19H30N2O3. The fourth-order valence-electron chi connectivity index (χ4n) is 2.67. The number of carbonyl (C=O) groups is 2. The summed E-state index contributed by atoms with van der Waals surface area (Å²) < 4.78 is 4.80. The summed E-state index contributed by atoms with van der Waals surface area (Å²) in [5, 5.41) is 2.79. The molecule has 1 aromatic rings. The van der Waals surface area contributed by atoms with E-state index in [0.29, 0.717) is 11.6 Å². The van der Waals surface area contributed by atoms with Crippen LogP contribution in [0.15, 0.2) is 24.3 Å². The lowest BCUT2D eigenvalue weighted by Gasteiger charge is -2.27. The molecular weight excluding hydrogens is 304 g/mol. The zero-order valence-corrected chi connectivity index (χ0v) is 15.6. The Kier molecular flexibility index (Phi) is 7.75. The van der Waals surface area contributed by atoms with E-state index in [-0.39, 0.29) is 11.8 Å². The van der Waals surface area contributed by atoms with E-state index in [1.165, 1.54) is 7.11 Å². The lowest BCUT2D eigenvalue weighted by Crippen LogP contribution is -2.45. The van der Waals surface area contributed by atoms with Gasteiger partial charge in [-0.1, -0.05) is 20.3 Å². The second-order valence-corrected chi connectivity index (χ2v) is 6.29. The molecule has 0 fully saturated rings. The Labute approximate surface area is 145 Å². The zero-order chi connectivity index (χ0) is 18.3. The number of ether oxygens (including phenoxy) is 1. The molecule has 5 nitrogen and oxygen atoms in total. The highest BCUT2D eigenvalue weighted by molar-refractivity contribution is 5.97. The van der Waals surface area contributed by atoms with Crippen LogP contribution in [0.5, 0.6) is 0 Å². The number of hydrogen-bond acceptors (Lipinski definition) is 4. The molecule has 0 saturated carbocycles. The SMILES string of the molecule is CCC(C)C(NC(=O)c1ccc(N(CC)C(C)C)cc1)C(=O)OC. The number of nitrogens with zero attached hydrogens (tertiary/aromatic N) is 1. The van der Waals surface area contributed by atoms with Crippen LogP contribution in [-0.4, -0.2) is 37.6 Å². The third-order valence-electron chi connectivity index (χ3n) is 4.38. The van der Waals surface area contributed by atoms with Crippen LogP contribution in [0, 0.1) is 5.92 Å². The lowest BCUT2D eigenvalue weighted by molar-refractivity contribution is -0.144. The van der Waals surface area contributed by atoms with E-state index in [0.717, 1.165) is 18.7 Å². The van der Waals surface area contributed by atoms with Gasteiger partial charge < -0.3 is 15.0 Å². The summed E-state index contributed by atoms with van der Waals surface area (Å²) in [4.78, 5) is 26.6. The van der Waals surface area contributed by atoms with Gasteiger partial charge in [0.1, 0.15) is 6.04 Å². The fourth-order valence-corrected chi connectivity index (χ4v) is 2.67. The highest BCUT2D eigenvalue weighted by Gasteiger charge is 2.27. The van der Waals surface area contributed by atoms with Crippen molar-refractivity contribution in [2.45, 2.75) is 53.1 Å². The molecule has 0 saturated heterocycles. The molecule has 1 N–H and O–H groups in total. The molecule has 0 radical (unpaired) electrons. The van der Waals surface area contributed by atoms with Gasteiger partial charge in [-0.25, -0.2) is 4.79 Å². The van der Waals surface area contributed by atoms with Crippen molar-refractivity contribution in [2.75, 3.05) is 18.6 Å². The van der Waals surface area contributed by atoms with Crippen molar-refractivity contribution in [3.63, 3.8) is 0 Å². The van der Waals surface area contributed by atoms with Crippen LogP contribution in [0.4, 0.5) is 5.69 Å². The van der Waals surface area contributed by atoms with Gasteiger partial charge in [-0.2, -0.15) is 0 Å². The Morgan fingerprint density at radius 2 is 1.71 bits per heavy atom. The molecule has 0 bridgehead atoms. The Morgan fingerprint density at radius 3 is 2.12 bits per heavy atom. The molecule has 5 heteroatoms. The number of hydrogen-bond donors (Lipinski definition) is 1. The van der Waals surface area contributed by atoms with Crippen LogP contribution in [0.1, 0.15) is 51.4 Å². The molecule has 0 heterocycles. The maximum atomic E-state index is 12.4. The highest BCUT2D eigenvalue weighted by Crippen LogP contribution is 2.18. The first-order chi connectivity index (χ1) is 11.3. The van der Waals surface area contributed by atoms with Crippen LogP contribution in [-0.2, 0) is 9.53 Å². The normalized spacial score (nSPS) is 13.3. The van der Waals surface area contributed by atoms with Crippen molar-refractivity contribution in [1.82, 2.24) is 5.32 Å². The van der Waals surface area contributed by atoms with Gasteiger partial charge in [-0.15, -0.1) is 0 Å². The van der Waals surface area contributed by atoms with Crippen LogP contribution < -0.4 is 10.2 Å². The minimum absolute atomic E-state index is 0.0113. The molecule has 1 rings (SSSR count). The number of anilines is 1.